The number of halogens is 2. The highest BCUT2D eigenvalue weighted by Crippen LogP contribution is 2.39. The van der Waals surface area contributed by atoms with E-state index in [1.54, 1.807) is 6.20 Å². The van der Waals surface area contributed by atoms with Crippen molar-refractivity contribution >= 4 is 0 Å². The summed E-state index contributed by atoms with van der Waals surface area (Å²) in [6.07, 6.45) is 4.05. The summed E-state index contributed by atoms with van der Waals surface area (Å²) in [5.74, 6) is -0.143. The van der Waals surface area contributed by atoms with Gasteiger partial charge < -0.3 is 4.98 Å². The quantitative estimate of drug-likeness (QED) is 0.826. The standard InChI is InChI=1S/C12H10F2N2/c13-8-3-4-9(10(14)5-8)12-15-6-11(16-12)7-1-2-7/h3-7H,1-2H2,(H,15,16). The fourth-order valence-electron chi connectivity index (χ4n) is 1.76. The lowest BCUT2D eigenvalue weighted by atomic mass is 10.2. The lowest BCUT2D eigenvalue weighted by Crippen LogP contribution is -1.88. The molecule has 82 valence electrons. The van der Waals surface area contributed by atoms with Gasteiger partial charge in [-0.15, -0.1) is 0 Å². The minimum atomic E-state index is -0.586. The Morgan fingerprint density at radius 2 is 2.06 bits per heavy atom. The zero-order valence-corrected chi connectivity index (χ0v) is 8.50. The number of rotatable bonds is 2. The average Bonchev–Trinajstić information content (AvgIpc) is 2.98. The molecule has 1 aromatic carbocycles. The summed E-state index contributed by atoms with van der Waals surface area (Å²) in [5, 5.41) is 0. The number of nitrogens with zero attached hydrogens (tertiary/aromatic N) is 1. The summed E-state index contributed by atoms with van der Waals surface area (Å²) in [6.45, 7) is 0. The molecule has 0 saturated heterocycles. The highest BCUT2D eigenvalue weighted by Gasteiger charge is 2.25. The van der Waals surface area contributed by atoms with E-state index in [-0.39, 0.29) is 0 Å². The van der Waals surface area contributed by atoms with Gasteiger partial charge in [-0.2, -0.15) is 0 Å². The minimum Gasteiger partial charge on any atom is -0.342 e. The maximum Gasteiger partial charge on any atom is 0.140 e. The molecule has 2 aromatic rings. The predicted octanol–water partition coefficient (Wildman–Crippen LogP) is 3.23. The molecule has 0 spiro atoms. The summed E-state index contributed by atoms with van der Waals surface area (Å²) < 4.78 is 26.2. The van der Waals surface area contributed by atoms with Crippen LogP contribution in [0.5, 0.6) is 0 Å². The van der Waals surface area contributed by atoms with Gasteiger partial charge in [0.1, 0.15) is 17.5 Å². The van der Waals surface area contributed by atoms with Gasteiger partial charge in [-0.1, -0.05) is 0 Å². The zero-order chi connectivity index (χ0) is 11.1. The maximum absolute atomic E-state index is 13.5. The molecule has 0 aliphatic heterocycles. The maximum atomic E-state index is 13.5. The Hall–Kier alpha value is -1.71. The molecule has 1 N–H and O–H groups in total. The third kappa shape index (κ3) is 1.60. The average molecular weight is 220 g/mol. The first kappa shape index (κ1) is 9.51. The number of hydrogen-bond acceptors (Lipinski definition) is 1. The van der Waals surface area contributed by atoms with Gasteiger partial charge in [-0.05, 0) is 25.0 Å². The summed E-state index contributed by atoms with van der Waals surface area (Å²) in [7, 11) is 0. The van der Waals surface area contributed by atoms with Crippen molar-refractivity contribution in [1.29, 1.82) is 0 Å². The van der Waals surface area contributed by atoms with Gasteiger partial charge in [0.15, 0.2) is 0 Å². The molecule has 1 aliphatic carbocycles. The fraction of sp³-hybridized carbons (Fsp3) is 0.250. The number of aromatic amines is 1. The monoisotopic (exact) mass is 220 g/mol. The van der Waals surface area contributed by atoms with E-state index in [1.165, 1.54) is 12.1 Å². The molecular formula is C12H10F2N2. The number of nitrogens with one attached hydrogen (secondary N) is 1. The number of hydrogen-bond donors (Lipinski definition) is 1. The van der Waals surface area contributed by atoms with Crippen LogP contribution in [-0.4, -0.2) is 9.97 Å². The number of imidazole rings is 1. The van der Waals surface area contributed by atoms with Gasteiger partial charge >= 0.3 is 0 Å². The van der Waals surface area contributed by atoms with Crippen molar-refractivity contribution in [2.45, 2.75) is 18.8 Å². The van der Waals surface area contributed by atoms with Crippen LogP contribution in [0.15, 0.2) is 24.4 Å². The molecule has 1 aliphatic rings. The number of benzene rings is 1. The third-order valence-corrected chi connectivity index (χ3v) is 2.80. The number of aromatic nitrogens is 2. The largest absolute Gasteiger partial charge is 0.342 e. The van der Waals surface area contributed by atoms with E-state index in [4.69, 9.17) is 0 Å². The van der Waals surface area contributed by atoms with Crippen LogP contribution in [0.1, 0.15) is 24.5 Å². The molecule has 1 heterocycles. The van der Waals surface area contributed by atoms with E-state index in [0.29, 0.717) is 17.3 Å². The highest BCUT2D eigenvalue weighted by atomic mass is 19.1. The molecule has 0 radical (unpaired) electrons. The first-order valence-corrected chi connectivity index (χ1v) is 5.24. The van der Waals surface area contributed by atoms with Crippen molar-refractivity contribution in [3.8, 4) is 11.4 Å². The Morgan fingerprint density at radius 1 is 1.25 bits per heavy atom. The van der Waals surface area contributed by atoms with Gasteiger partial charge in [0.05, 0.1) is 5.56 Å². The van der Waals surface area contributed by atoms with Crippen LogP contribution in [0.4, 0.5) is 8.78 Å². The van der Waals surface area contributed by atoms with Crippen molar-refractivity contribution in [3.63, 3.8) is 0 Å². The lowest BCUT2D eigenvalue weighted by Gasteiger charge is -1.99. The minimum absolute atomic E-state index is 0.313. The second-order valence-electron chi connectivity index (χ2n) is 4.09. The van der Waals surface area contributed by atoms with Gasteiger partial charge in [-0.25, -0.2) is 13.8 Å². The molecule has 0 atom stereocenters. The molecule has 0 amide bonds. The van der Waals surface area contributed by atoms with Crippen LogP contribution in [0.25, 0.3) is 11.4 Å². The Morgan fingerprint density at radius 3 is 2.75 bits per heavy atom. The molecule has 4 heteroatoms. The van der Waals surface area contributed by atoms with Gasteiger partial charge in [0.25, 0.3) is 0 Å². The first-order chi connectivity index (χ1) is 7.74. The van der Waals surface area contributed by atoms with Crippen LogP contribution in [0.3, 0.4) is 0 Å². The van der Waals surface area contributed by atoms with Crippen molar-refractivity contribution in [3.05, 3.63) is 41.7 Å². The summed E-state index contributed by atoms with van der Waals surface area (Å²) in [4.78, 5) is 7.20. The first-order valence-electron chi connectivity index (χ1n) is 5.24. The Bertz CT molecular complexity index is 530. The Labute approximate surface area is 91.3 Å². The molecule has 2 nitrogen and oxygen atoms in total. The summed E-state index contributed by atoms with van der Waals surface area (Å²) in [5.41, 5.74) is 1.35. The van der Waals surface area contributed by atoms with Crippen LogP contribution < -0.4 is 0 Å². The molecule has 0 bridgehead atoms. The van der Waals surface area contributed by atoms with E-state index in [2.05, 4.69) is 9.97 Å². The van der Waals surface area contributed by atoms with Gasteiger partial charge in [0.2, 0.25) is 0 Å². The third-order valence-electron chi connectivity index (χ3n) is 2.80. The van der Waals surface area contributed by atoms with Crippen molar-refractivity contribution in [1.82, 2.24) is 9.97 Å². The van der Waals surface area contributed by atoms with Crippen molar-refractivity contribution < 1.29 is 8.78 Å². The zero-order valence-electron chi connectivity index (χ0n) is 8.50. The molecule has 3 rings (SSSR count). The lowest BCUT2D eigenvalue weighted by molar-refractivity contribution is 0.585. The molecule has 1 fully saturated rings. The summed E-state index contributed by atoms with van der Waals surface area (Å²) in [6, 6.07) is 3.51. The topological polar surface area (TPSA) is 28.7 Å². The Balaban J connectivity index is 2.00. The van der Waals surface area contributed by atoms with Gasteiger partial charge in [0, 0.05) is 23.9 Å². The normalized spacial score (nSPS) is 15.4. The highest BCUT2D eigenvalue weighted by molar-refractivity contribution is 5.56. The van der Waals surface area contributed by atoms with E-state index < -0.39 is 11.6 Å². The SMILES string of the molecule is Fc1ccc(-c2ncc(C3CC3)[nH]2)c(F)c1. The Kier molecular flexibility index (Phi) is 2.02. The summed E-state index contributed by atoms with van der Waals surface area (Å²) >= 11 is 0. The second-order valence-corrected chi connectivity index (χ2v) is 4.09. The smallest absolute Gasteiger partial charge is 0.140 e. The van der Waals surface area contributed by atoms with E-state index in [1.807, 2.05) is 0 Å². The molecule has 1 saturated carbocycles. The van der Waals surface area contributed by atoms with Crippen LogP contribution in [0.2, 0.25) is 0 Å². The van der Waals surface area contributed by atoms with Crippen molar-refractivity contribution in [2.75, 3.05) is 0 Å². The molecule has 0 unspecified atom stereocenters. The molecule has 1 aromatic heterocycles. The van der Waals surface area contributed by atoms with Crippen molar-refractivity contribution in [2.24, 2.45) is 0 Å². The van der Waals surface area contributed by atoms with Crippen LogP contribution in [0, 0.1) is 11.6 Å². The van der Waals surface area contributed by atoms with E-state index >= 15 is 0 Å². The predicted molar refractivity (Wildman–Crippen MR) is 55.9 cm³/mol. The van der Waals surface area contributed by atoms with E-state index in [0.717, 1.165) is 24.6 Å². The van der Waals surface area contributed by atoms with Crippen LogP contribution in [-0.2, 0) is 0 Å². The van der Waals surface area contributed by atoms with E-state index in [9.17, 15) is 8.78 Å². The molecule has 16 heavy (non-hydrogen) atoms. The number of H-pyrrole nitrogens is 1. The molecular weight excluding hydrogens is 210 g/mol. The second kappa shape index (κ2) is 3.40. The van der Waals surface area contributed by atoms with Gasteiger partial charge in [-0.3, -0.25) is 0 Å². The van der Waals surface area contributed by atoms with Crippen LogP contribution >= 0.6 is 0 Å². The fourth-order valence-corrected chi connectivity index (χ4v) is 1.76.